The maximum atomic E-state index is 5.51. The second-order valence-electron chi connectivity index (χ2n) is 4.15. The molecule has 1 N–H and O–H groups in total. The zero-order chi connectivity index (χ0) is 13.6. The van der Waals surface area contributed by atoms with Crippen molar-refractivity contribution in [1.29, 1.82) is 0 Å². The van der Waals surface area contributed by atoms with Crippen LogP contribution in [0.15, 0.2) is 17.5 Å². The molecule has 1 aromatic heterocycles. The monoisotopic (exact) mass is 287 g/mol. The lowest BCUT2D eigenvalue weighted by Gasteiger charge is -2.06. The smallest absolute Gasteiger partial charge is 0.0700 e. The number of ether oxygens (including phenoxy) is 3. The van der Waals surface area contributed by atoms with Crippen LogP contribution >= 0.6 is 11.3 Å². The molecule has 0 radical (unpaired) electrons. The Bertz CT molecular complexity index is 280. The van der Waals surface area contributed by atoms with Crippen molar-refractivity contribution in [2.24, 2.45) is 0 Å². The topological polar surface area (TPSA) is 39.7 Å². The predicted molar refractivity (Wildman–Crippen MR) is 79.0 cm³/mol. The summed E-state index contributed by atoms with van der Waals surface area (Å²) in [6, 6.07) is 4.27. The number of methoxy groups -OCH3 is 1. The zero-order valence-corrected chi connectivity index (χ0v) is 12.5. The molecule has 0 saturated heterocycles. The fraction of sp³-hybridized carbons (Fsp3) is 0.714. The van der Waals surface area contributed by atoms with E-state index in [1.165, 1.54) is 4.88 Å². The summed E-state index contributed by atoms with van der Waals surface area (Å²) in [4.78, 5) is 1.43. The molecule has 0 amide bonds. The lowest BCUT2D eigenvalue weighted by atomic mass is 10.3. The van der Waals surface area contributed by atoms with Gasteiger partial charge in [-0.25, -0.2) is 0 Å². The fourth-order valence-corrected chi connectivity index (χ4v) is 2.25. The lowest BCUT2D eigenvalue weighted by molar-refractivity contribution is 0.0519. The summed E-state index contributed by atoms with van der Waals surface area (Å²) in [6.07, 6.45) is 2.05. The Balaban J connectivity index is 1.72. The van der Waals surface area contributed by atoms with Gasteiger partial charge in [0.15, 0.2) is 0 Å². The van der Waals surface area contributed by atoms with Crippen LogP contribution < -0.4 is 5.32 Å². The Morgan fingerprint density at radius 2 is 1.89 bits per heavy atom. The van der Waals surface area contributed by atoms with Gasteiger partial charge in [-0.05, 0) is 24.3 Å². The summed E-state index contributed by atoms with van der Waals surface area (Å²) in [6.45, 7) is 5.53. The van der Waals surface area contributed by atoms with E-state index >= 15 is 0 Å². The third-order valence-electron chi connectivity index (χ3n) is 2.56. The average molecular weight is 287 g/mol. The van der Waals surface area contributed by atoms with Gasteiger partial charge in [0.1, 0.15) is 0 Å². The van der Waals surface area contributed by atoms with E-state index in [2.05, 4.69) is 22.8 Å². The maximum Gasteiger partial charge on any atom is 0.0700 e. The Morgan fingerprint density at radius 1 is 1.05 bits per heavy atom. The van der Waals surface area contributed by atoms with E-state index in [0.717, 1.165) is 45.8 Å². The molecule has 19 heavy (non-hydrogen) atoms. The van der Waals surface area contributed by atoms with E-state index < -0.39 is 0 Å². The molecule has 0 spiro atoms. The first-order valence-corrected chi connectivity index (χ1v) is 7.69. The van der Waals surface area contributed by atoms with Crippen LogP contribution in [-0.2, 0) is 20.6 Å². The molecular formula is C14H25NO3S. The van der Waals surface area contributed by atoms with E-state index in [-0.39, 0.29) is 0 Å². The SMILES string of the molecule is COCCOCCCOCCNCCc1cccs1. The van der Waals surface area contributed by atoms with Gasteiger partial charge in [-0.15, -0.1) is 11.3 Å². The summed E-state index contributed by atoms with van der Waals surface area (Å²) < 4.78 is 15.7. The van der Waals surface area contributed by atoms with Gasteiger partial charge < -0.3 is 19.5 Å². The van der Waals surface area contributed by atoms with E-state index in [9.17, 15) is 0 Å². The fourth-order valence-electron chi connectivity index (χ4n) is 1.55. The highest BCUT2D eigenvalue weighted by molar-refractivity contribution is 7.09. The molecule has 4 nitrogen and oxygen atoms in total. The largest absolute Gasteiger partial charge is 0.382 e. The van der Waals surface area contributed by atoms with Gasteiger partial charge in [0.05, 0.1) is 19.8 Å². The van der Waals surface area contributed by atoms with Crippen LogP contribution in [0.2, 0.25) is 0 Å². The van der Waals surface area contributed by atoms with Crippen molar-refractivity contribution in [2.45, 2.75) is 12.8 Å². The second-order valence-corrected chi connectivity index (χ2v) is 5.18. The van der Waals surface area contributed by atoms with Gasteiger partial charge in [0.25, 0.3) is 0 Å². The summed E-state index contributed by atoms with van der Waals surface area (Å²) >= 11 is 1.81. The minimum atomic E-state index is 0.662. The molecule has 1 heterocycles. The number of rotatable bonds is 13. The summed E-state index contributed by atoms with van der Waals surface area (Å²) in [5, 5.41) is 5.49. The van der Waals surface area contributed by atoms with Gasteiger partial charge in [-0.3, -0.25) is 0 Å². The van der Waals surface area contributed by atoms with Gasteiger partial charge in [0.2, 0.25) is 0 Å². The minimum absolute atomic E-state index is 0.662. The summed E-state index contributed by atoms with van der Waals surface area (Å²) in [5.41, 5.74) is 0. The number of hydrogen-bond donors (Lipinski definition) is 1. The molecule has 0 aliphatic heterocycles. The highest BCUT2D eigenvalue weighted by Gasteiger charge is 1.94. The van der Waals surface area contributed by atoms with Crippen molar-refractivity contribution in [3.63, 3.8) is 0 Å². The molecule has 0 aliphatic carbocycles. The van der Waals surface area contributed by atoms with E-state index in [1.54, 1.807) is 7.11 Å². The molecule has 0 aliphatic rings. The molecular weight excluding hydrogens is 262 g/mol. The first kappa shape index (κ1) is 16.6. The second kappa shape index (κ2) is 12.6. The Hall–Kier alpha value is -0.460. The number of thiophene rings is 1. The summed E-state index contributed by atoms with van der Waals surface area (Å²) in [5.74, 6) is 0. The summed E-state index contributed by atoms with van der Waals surface area (Å²) in [7, 11) is 1.68. The molecule has 0 fully saturated rings. The minimum Gasteiger partial charge on any atom is -0.382 e. The third kappa shape index (κ3) is 10.0. The Morgan fingerprint density at radius 3 is 2.63 bits per heavy atom. The molecule has 1 aromatic rings. The van der Waals surface area contributed by atoms with Crippen molar-refractivity contribution in [2.75, 3.05) is 53.2 Å². The van der Waals surface area contributed by atoms with Crippen LogP contribution in [0.4, 0.5) is 0 Å². The normalized spacial score (nSPS) is 11.0. The van der Waals surface area contributed by atoms with Crippen LogP contribution in [-0.4, -0.2) is 53.2 Å². The zero-order valence-electron chi connectivity index (χ0n) is 11.7. The third-order valence-corrected chi connectivity index (χ3v) is 3.50. The molecule has 5 heteroatoms. The van der Waals surface area contributed by atoms with Crippen molar-refractivity contribution in [3.05, 3.63) is 22.4 Å². The molecule has 1 rings (SSSR count). The van der Waals surface area contributed by atoms with Crippen LogP contribution in [0, 0.1) is 0 Å². The van der Waals surface area contributed by atoms with E-state index in [1.807, 2.05) is 11.3 Å². The van der Waals surface area contributed by atoms with E-state index in [4.69, 9.17) is 14.2 Å². The van der Waals surface area contributed by atoms with Crippen LogP contribution in [0.5, 0.6) is 0 Å². The average Bonchev–Trinajstić information content (AvgIpc) is 2.93. The van der Waals surface area contributed by atoms with Crippen molar-refractivity contribution >= 4 is 11.3 Å². The lowest BCUT2D eigenvalue weighted by Crippen LogP contribution is -2.22. The van der Waals surface area contributed by atoms with E-state index in [0.29, 0.717) is 13.2 Å². The van der Waals surface area contributed by atoms with Gasteiger partial charge in [0, 0.05) is 38.3 Å². The molecule has 0 bridgehead atoms. The van der Waals surface area contributed by atoms with Crippen molar-refractivity contribution in [3.8, 4) is 0 Å². The quantitative estimate of drug-likeness (QED) is 0.563. The van der Waals surface area contributed by atoms with Crippen LogP contribution in [0.1, 0.15) is 11.3 Å². The predicted octanol–water partition coefficient (Wildman–Crippen LogP) is 1.95. The van der Waals surface area contributed by atoms with Crippen LogP contribution in [0.25, 0.3) is 0 Å². The van der Waals surface area contributed by atoms with Crippen molar-refractivity contribution < 1.29 is 14.2 Å². The van der Waals surface area contributed by atoms with Gasteiger partial charge >= 0.3 is 0 Å². The standard InChI is InChI=1S/C14H25NO3S/c1-16-11-12-18-9-3-8-17-10-7-15-6-5-14-4-2-13-19-14/h2,4,13,15H,3,5-12H2,1H3. The molecule has 0 unspecified atom stereocenters. The maximum absolute atomic E-state index is 5.51. The van der Waals surface area contributed by atoms with Crippen molar-refractivity contribution in [1.82, 2.24) is 5.32 Å². The highest BCUT2D eigenvalue weighted by Crippen LogP contribution is 2.07. The number of hydrogen-bond acceptors (Lipinski definition) is 5. The highest BCUT2D eigenvalue weighted by atomic mass is 32.1. The van der Waals surface area contributed by atoms with Gasteiger partial charge in [-0.2, -0.15) is 0 Å². The Kier molecular flexibility index (Phi) is 11.0. The molecule has 0 aromatic carbocycles. The number of nitrogens with one attached hydrogen (secondary N) is 1. The van der Waals surface area contributed by atoms with Crippen LogP contribution in [0.3, 0.4) is 0 Å². The molecule has 0 saturated carbocycles. The van der Waals surface area contributed by atoms with Gasteiger partial charge in [-0.1, -0.05) is 6.07 Å². The molecule has 0 atom stereocenters. The molecule has 110 valence electrons. The Labute approximate surface area is 120 Å². The first-order valence-electron chi connectivity index (χ1n) is 6.81. The first-order chi connectivity index (χ1) is 9.43.